The number of carbonyl (C=O) groups excluding carboxylic acids is 1. The van der Waals surface area contributed by atoms with Gasteiger partial charge in [-0.3, -0.25) is 14.6 Å². The minimum Gasteiger partial charge on any atom is -0.486 e. The summed E-state index contributed by atoms with van der Waals surface area (Å²) in [6, 6.07) is 14.6. The van der Waals surface area contributed by atoms with Crippen molar-refractivity contribution in [2.24, 2.45) is 0 Å². The van der Waals surface area contributed by atoms with Crippen LogP contribution in [0.25, 0.3) is 0 Å². The average molecular weight is 450 g/mol. The van der Waals surface area contributed by atoms with Gasteiger partial charge in [-0.2, -0.15) is 0 Å². The highest BCUT2D eigenvalue weighted by Crippen LogP contribution is 2.39. The first-order chi connectivity index (χ1) is 15.6. The minimum atomic E-state index is -0.0370. The van der Waals surface area contributed by atoms with E-state index < -0.39 is 0 Å². The molecule has 2 aliphatic heterocycles. The predicted molar refractivity (Wildman–Crippen MR) is 126 cm³/mol. The third-order valence-corrected chi connectivity index (χ3v) is 6.89. The molecular formula is C25H27N3O3S. The first-order valence-electron chi connectivity index (χ1n) is 11.0. The molecule has 5 rings (SSSR count). The van der Waals surface area contributed by atoms with Gasteiger partial charge in [-0.25, -0.2) is 4.98 Å². The molecule has 7 heteroatoms. The molecule has 1 unspecified atom stereocenters. The largest absolute Gasteiger partial charge is 0.486 e. The number of likely N-dealkylation sites (tertiary alicyclic amines) is 1. The van der Waals surface area contributed by atoms with Gasteiger partial charge in [0.1, 0.15) is 13.2 Å². The van der Waals surface area contributed by atoms with Crippen LogP contribution >= 0.6 is 11.3 Å². The maximum Gasteiger partial charge on any atom is 0.230 e. The van der Waals surface area contributed by atoms with E-state index in [-0.39, 0.29) is 5.91 Å². The Labute approximate surface area is 192 Å². The number of carbonyl (C=O) groups is 1. The van der Waals surface area contributed by atoms with E-state index in [0.29, 0.717) is 24.4 Å². The molecule has 1 amide bonds. The summed E-state index contributed by atoms with van der Waals surface area (Å²) in [6.07, 6.45) is 2.26. The van der Waals surface area contributed by atoms with Crippen molar-refractivity contribution in [1.82, 2.24) is 9.88 Å². The quantitative estimate of drug-likeness (QED) is 0.533. The van der Waals surface area contributed by atoms with E-state index in [4.69, 9.17) is 14.5 Å². The maximum absolute atomic E-state index is 12.4. The predicted octanol–water partition coefficient (Wildman–Crippen LogP) is 5.24. The summed E-state index contributed by atoms with van der Waals surface area (Å²) in [4.78, 5) is 21.4. The van der Waals surface area contributed by atoms with Gasteiger partial charge in [-0.15, -0.1) is 11.3 Å². The molecule has 3 heterocycles. The van der Waals surface area contributed by atoms with Gasteiger partial charge in [-0.05, 0) is 56.1 Å². The van der Waals surface area contributed by atoms with E-state index in [9.17, 15) is 4.79 Å². The van der Waals surface area contributed by atoms with E-state index in [1.807, 2.05) is 37.3 Å². The van der Waals surface area contributed by atoms with Crippen LogP contribution in [0.5, 0.6) is 11.5 Å². The van der Waals surface area contributed by atoms with E-state index in [0.717, 1.165) is 54.4 Å². The second-order valence-electron chi connectivity index (χ2n) is 8.34. The van der Waals surface area contributed by atoms with Gasteiger partial charge >= 0.3 is 0 Å². The Kier molecular flexibility index (Phi) is 5.85. The number of amides is 1. The Bertz CT molecular complexity index is 1110. The van der Waals surface area contributed by atoms with Gasteiger partial charge in [0.25, 0.3) is 0 Å². The van der Waals surface area contributed by atoms with Crippen molar-refractivity contribution in [3.63, 3.8) is 0 Å². The molecule has 0 radical (unpaired) electrons. The number of nitrogens with zero attached hydrogens (tertiary/aromatic N) is 3. The number of ether oxygens (including phenoxy) is 2. The lowest BCUT2D eigenvalue weighted by Crippen LogP contribution is -2.24. The number of fused-ring (bicyclic) bond motifs is 1. The van der Waals surface area contributed by atoms with Gasteiger partial charge in [0.15, 0.2) is 16.6 Å². The second-order valence-corrected chi connectivity index (χ2v) is 9.18. The summed E-state index contributed by atoms with van der Waals surface area (Å²) in [7, 11) is 0. The highest BCUT2D eigenvalue weighted by molar-refractivity contribution is 7.14. The molecule has 0 aliphatic carbocycles. The summed E-state index contributed by atoms with van der Waals surface area (Å²) in [6.45, 7) is 6.61. The fourth-order valence-electron chi connectivity index (χ4n) is 4.46. The Morgan fingerprint density at radius 2 is 1.94 bits per heavy atom. The first-order valence-corrected chi connectivity index (χ1v) is 11.9. The van der Waals surface area contributed by atoms with Crippen LogP contribution < -0.4 is 14.4 Å². The lowest BCUT2D eigenvalue weighted by molar-refractivity contribution is -0.115. The highest BCUT2D eigenvalue weighted by Gasteiger charge is 2.28. The molecule has 1 aromatic heterocycles. The van der Waals surface area contributed by atoms with Crippen molar-refractivity contribution in [2.75, 3.05) is 24.7 Å². The summed E-state index contributed by atoms with van der Waals surface area (Å²) in [5.74, 6) is 1.63. The summed E-state index contributed by atoms with van der Waals surface area (Å²) >= 11 is 1.51. The second kappa shape index (κ2) is 8.92. The molecule has 1 atom stereocenters. The van der Waals surface area contributed by atoms with Crippen LogP contribution in [0, 0.1) is 6.92 Å². The minimum absolute atomic E-state index is 0.0370. The Hall–Kier alpha value is -2.90. The molecule has 6 nitrogen and oxygen atoms in total. The van der Waals surface area contributed by atoms with Crippen molar-refractivity contribution in [3.05, 3.63) is 64.7 Å². The lowest BCUT2D eigenvalue weighted by atomic mass is 10.0. The summed E-state index contributed by atoms with van der Waals surface area (Å²) in [5, 5.41) is 2.78. The fourth-order valence-corrected chi connectivity index (χ4v) is 5.34. The van der Waals surface area contributed by atoms with Gasteiger partial charge in [0, 0.05) is 24.9 Å². The van der Waals surface area contributed by atoms with Crippen LogP contribution in [-0.2, 0) is 11.3 Å². The number of hydrogen-bond acceptors (Lipinski definition) is 6. The smallest absolute Gasteiger partial charge is 0.230 e. The van der Waals surface area contributed by atoms with Crippen molar-refractivity contribution in [3.8, 4) is 11.5 Å². The molecule has 32 heavy (non-hydrogen) atoms. The molecule has 3 aromatic rings. The standard InChI is InChI=1S/C25H27N3O3S/c1-17-5-8-21(9-6-17)28(18(2)29)25-26-20(16-32-25)15-27-11-3-4-22(27)19-7-10-23-24(14-19)31-13-12-30-23/h5-10,14,16,22H,3-4,11-13,15H2,1-2H3. The Balaban J connectivity index is 1.34. The zero-order valence-corrected chi connectivity index (χ0v) is 19.2. The van der Waals surface area contributed by atoms with Crippen LogP contribution in [-0.4, -0.2) is 35.5 Å². The molecule has 1 saturated heterocycles. The number of anilines is 2. The van der Waals surface area contributed by atoms with Gasteiger partial charge in [0.05, 0.1) is 11.4 Å². The summed E-state index contributed by atoms with van der Waals surface area (Å²) in [5.41, 5.74) is 4.26. The molecular weight excluding hydrogens is 422 g/mol. The Morgan fingerprint density at radius 1 is 1.16 bits per heavy atom. The van der Waals surface area contributed by atoms with Crippen molar-refractivity contribution >= 4 is 28.1 Å². The van der Waals surface area contributed by atoms with E-state index >= 15 is 0 Å². The maximum atomic E-state index is 12.4. The van der Waals surface area contributed by atoms with Crippen LogP contribution in [0.15, 0.2) is 47.8 Å². The van der Waals surface area contributed by atoms with Gasteiger partial charge in [-0.1, -0.05) is 23.8 Å². The average Bonchev–Trinajstić information content (AvgIpc) is 3.45. The molecule has 1 fully saturated rings. The molecule has 0 saturated carbocycles. The monoisotopic (exact) mass is 449 g/mol. The zero-order chi connectivity index (χ0) is 22.1. The van der Waals surface area contributed by atoms with Gasteiger partial charge in [0.2, 0.25) is 5.91 Å². The lowest BCUT2D eigenvalue weighted by Gasteiger charge is -2.26. The number of hydrogen-bond donors (Lipinski definition) is 0. The number of aryl methyl sites for hydroxylation is 1. The van der Waals surface area contributed by atoms with Crippen LogP contribution in [0.1, 0.15) is 42.6 Å². The third kappa shape index (κ3) is 4.23. The first kappa shape index (κ1) is 21.0. The number of thiazole rings is 1. The van der Waals surface area contributed by atoms with Crippen LogP contribution in [0.2, 0.25) is 0 Å². The highest BCUT2D eigenvalue weighted by atomic mass is 32.1. The van der Waals surface area contributed by atoms with Gasteiger partial charge < -0.3 is 9.47 Å². The molecule has 0 N–H and O–H groups in total. The zero-order valence-electron chi connectivity index (χ0n) is 18.4. The summed E-state index contributed by atoms with van der Waals surface area (Å²) < 4.78 is 11.5. The number of benzene rings is 2. The fraction of sp³-hybridized carbons (Fsp3) is 0.360. The molecule has 2 aliphatic rings. The third-order valence-electron chi connectivity index (χ3n) is 6.02. The molecule has 2 aromatic carbocycles. The SMILES string of the molecule is CC(=O)N(c1ccc(C)cc1)c1nc(CN2CCCC2c2ccc3c(c2)OCCO3)cs1. The normalized spacial score (nSPS) is 18.0. The molecule has 0 bridgehead atoms. The van der Waals surface area contributed by atoms with Crippen LogP contribution in [0.4, 0.5) is 10.8 Å². The Morgan fingerprint density at radius 3 is 2.72 bits per heavy atom. The van der Waals surface area contributed by atoms with Crippen molar-refractivity contribution in [1.29, 1.82) is 0 Å². The van der Waals surface area contributed by atoms with Crippen molar-refractivity contribution < 1.29 is 14.3 Å². The number of aromatic nitrogens is 1. The molecule has 166 valence electrons. The van der Waals surface area contributed by atoms with E-state index in [1.165, 1.54) is 16.9 Å². The van der Waals surface area contributed by atoms with Crippen molar-refractivity contribution in [2.45, 2.75) is 39.3 Å². The van der Waals surface area contributed by atoms with Crippen LogP contribution in [0.3, 0.4) is 0 Å². The van der Waals surface area contributed by atoms with E-state index in [2.05, 4.69) is 22.4 Å². The van der Waals surface area contributed by atoms with E-state index in [1.54, 1.807) is 11.8 Å². The topological polar surface area (TPSA) is 54.9 Å². The number of rotatable bonds is 5. The molecule has 0 spiro atoms.